The number of amides is 3. The second-order valence-corrected chi connectivity index (χ2v) is 10.6. The van der Waals surface area contributed by atoms with Crippen LogP contribution in [0.15, 0.2) is 42.0 Å². The third-order valence-electron chi connectivity index (χ3n) is 8.05. The number of nitrogens with one attached hydrogen (secondary N) is 2. The lowest BCUT2D eigenvalue weighted by Crippen LogP contribution is -2.46. The van der Waals surface area contributed by atoms with Crippen molar-refractivity contribution in [2.24, 2.45) is 0 Å². The minimum atomic E-state index is -0.164. The normalized spacial score (nSPS) is 17.4. The molecule has 9 heteroatoms. The molecule has 0 unspecified atom stereocenters. The van der Waals surface area contributed by atoms with Gasteiger partial charge in [-0.1, -0.05) is 13.0 Å². The summed E-state index contributed by atoms with van der Waals surface area (Å²) in [6.45, 7) is 9.91. The van der Waals surface area contributed by atoms with Crippen molar-refractivity contribution in [3.05, 3.63) is 58.7 Å². The summed E-state index contributed by atoms with van der Waals surface area (Å²) in [5.41, 5.74) is 5.56. The van der Waals surface area contributed by atoms with Crippen molar-refractivity contribution in [3.8, 4) is 11.5 Å². The Balaban J connectivity index is 1.19. The summed E-state index contributed by atoms with van der Waals surface area (Å²) in [6.07, 6.45) is 3.58. The van der Waals surface area contributed by atoms with Crippen LogP contribution in [0.3, 0.4) is 0 Å². The molecule has 40 heavy (non-hydrogen) atoms. The number of nitrogens with zero attached hydrogens (tertiary/aromatic N) is 3. The van der Waals surface area contributed by atoms with Crippen molar-refractivity contribution < 1.29 is 19.1 Å². The molecule has 2 fully saturated rings. The number of likely N-dealkylation sites (N-methyl/N-ethyl adjacent to an activating group) is 1. The molecule has 2 aromatic rings. The SMILES string of the molecule is CCN1CCN(CCCNC(=O)c2ccc3c(c2)NC(=O)N(CCc2ccc(OC)c(OC)c2)C3=C2CC2)CC1. The topological polar surface area (TPSA) is 86.4 Å². The van der Waals surface area contributed by atoms with Crippen molar-refractivity contribution >= 4 is 23.3 Å². The fourth-order valence-electron chi connectivity index (χ4n) is 5.53. The molecule has 2 N–H and O–H groups in total. The van der Waals surface area contributed by atoms with E-state index in [0.717, 1.165) is 75.4 Å². The predicted molar refractivity (Wildman–Crippen MR) is 157 cm³/mol. The van der Waals surface area contributed by atoms with Gasteiger partial charge in [-0.15, -0.1) is 0 Å². The summed E-state index contributed by atoms with van der Waals surface area (Å²) < 4.78 is 10.8. The zero-order chi connectivity index (χ0) is 28.1. The molecule has 9 nitrogen and oxygen atoms in total. The van der Waals surface area contributed by atoms with E-state index in [1.54, 1.807) is 20.3 Å². The van der Waals surface area contributed by atoms with E-state index in [2.05, 4.69) is 27.4 Å². The molecule has 5 rings (SSSR count). The molecule has 0 radical (unpaired) electrons. The van der Waals surface area contributed by atoms with E-state index in [1.807, 2.05) is 35.2 Å². The Morgan fingerprint density at radius 2 is 1.70 bits per heavy atom. The van der Waals surface area contributed by atoms with Crippen LogP contribution in [-0.2, 0) is 6.42 Å². The van der Waals surface area contributed by atoms with Crippen molar-refractivity contribution in [2.45, 2.75) is 32.6 Å². The molecular weight excluding hydrogens is 506 g/mol. The highest BCUT2D eigenvalue weighted by atomic mass is 16.5. The number of benzene rings is 2. The van der Waals surface area contributed by atoms with Gasteiger partial charge in [0.1, 0.15) is 0 Å². The first-order chi connectivity index (χ1) is 19.5. The van der Waals surface area contributed by atoms with Gasteiger partial charge < -0.3 is 29.9 Å². The largest absolute Gasteiger partial charge is 0.493 e. The second kappa shape index (κ2) is 12.7. The fourth-order valence-corrected chi connectivity index (χ4v) is 5.53. The number of allylic oxidation sites excluding steroid dienone is 1. The quantitative estimate of drug-likeness (QED) is 0.413. The molecule has 0 aromatic heterocycles. The number of fused-ring (bicyclic) bond motifs is 1. The van der Waals surface area contributed by atoms with Gasteiger partial charge in [-0.2, -0.15) is 0 Å². The van der Waals surface area contributed by atoms with Gasteiger partial charge in [0.05, 0.1) is 25.6 Å². The lowest BCUT2D eigenvalue weighted by molar-refractivity contribution is 0.0948. The highest BCUT2D eigenvalue weighted by molar-refractivity contribution is 6.06. The van der Waals surface area contributed by atoms with E-state index in [9.17, 15) is 9.59 Å². The number of anilines is 1. The molecule has 2 aromatic carbocycles. The number of rotatable bonds is 11. The minimum absolute atomic E-state index is 0.107. The summed E-state index contributed by atoms with van der Waals surface area (Å²) in [6, 6.07) is 11.3. The number of urea groups is 1. The Bertz CT molecular complexity index is 1260. The zero-order valence-corrected chi connectivity index (χ0v) is 23.9. The van der Waals surface area contributed by atoms with Crippen LogP contribution in [-0.4, -0.2) is 93.2 Å². The third-order valence-corrected chi connectivity index (χ3v) is 8.05. The Kier molecular flexibility index (Phi) is 8.91. The van der Waals surface area contributed by atoms with Gasteiger partial charge in [-0.05, 0) is 80.2 Å². The van der Waals surface area contributed by atoms with Gasteiger partial charge in [0.15, 0.2) is 11.5 Å². The molecule has 2 heterocycles. The van der Waals surface area contributed by atoms with Crippen LogP contribution in [0, 0.1) is 0 Å². The maximum atomic E-state index is 13.3. The van der Waals surface area contributed by atoms with Gasteiger partial charge in [-0.25, -0.2) is 4.79 Å². The van der Waals surface area contributed by atoms with Crippen LogP contribution in [0.25, 0.3) is 5.70 Å². The van der Waals surface area contributed by atoms with Crippen molar-refractivity contribution in [1.82, 2.24) is 20.0 Å². The molecule has 1 aliphatic carbocycles. The number of carbonyl (C=O) groups is 2. The van der Waals surface area contributed by atoms with Crippen LogP contribution in [0.4, 0.5) is 10.5 Å². The van der Waals surface area contributed by atoms with Gasteiger partial charge in [0, 0.05) is 50.4 Å². The number of piperazine rings is 1. The molecular formula is C31H41N5O4. The first kappa shape index (κ1) is 28.0. The minimum Gasteiger partial charge on any atom is -0.493 e. The van der Waals surface area contributed by atoms with E-state index in [1.165, 1.54) is 5.57 Å². The van der Waals surface area contributed by atoms with Crippen LogP contribution in [0.2, 0.25) is 0 Å². The van der Waals surface area contributed by atoms with Crippen LogP contribution < -0.4 is 20.1 Å². The van der Waals surface area contributed by atoms with Crippen molar-refractivity contribution in [2.75, 3.05) is 71.9 Å². The fraction of sp³-hybridized carbons (Fsp3) is 0.484. The highest BCUT2D eigenvalue weighted by Crippen LogP contribution is 2.43. The molecule has 1 saturated carbocycles. The Labute approximate surface area is 237 Å². The van der Waals surface area contributed by atoms with Crippen LogP contribution in [0.5, 0.6) is 11.5 Å². The van der Waals surface area contributed by atoms with Crippen LogP contribution >= 0.6 is 0 Å². The Morgan fingerprint density at radius 3 is 2.40 bits per heavy atom. The average molecular weight is 548 g/mol. The average Bonchev–Trinajstić information content (AvgIpc) is 3.83. The lowest BCUT2D eigenvalue weighted by Gasteiger charge is -2.34. The number of hydrogen-bond acceptors (Lipinski definition) is 6. The van der Waals surface area contributed by atoms with Crippen LogP contribution in [0.1, 0.15) is 47.7 Å². The maximum absolute atomic E-state index is 13.3. The molecule has 2 aliphatic heterocycles. The Morgan fingerprint density at radius 1 is 0.950 bits per heavy atom. The van der Waals surface area contributed by atoms with Gasteiger partial charge >= 0.3 is 6.03 Å². The second-order valence-electron chi connectivity index (χ2n) is 10.6. The summed E-state index contributed by atoms with van der Waals surface area (Å²) in [5.74, 6) is 1.25. The maximum Gasteiger partial charge on any atom is 0.326 e. The van der Waals surface area contributed by atoms with Gasteiger partial charge in [-0.3, -0.25) is 9.69 Å². The molecule has 0 atom stereocenters. The molecule has 3 aliphatic rings. The van der Waals surface area contributed by atoms with E-state index < -0.39 is 0 Å². The number of carbonyl (C=O) groups excluding carboxylic acids is 2. The van der Waals surface area contributed by atoms with Crippen molar-refractivity contribution in [1.29, 1.82) is 0 Å². The zero-order valence-electron chi connectivity index (χ0n) is 23.9. The highest BCUT2D eigenvalue weighted by Gasteiger charge is 2.33. The Hall–Kier alpha value is -3.56. The summed E-state index contributed by atoms with van der Waals surface area (Å²) >= 11 is 0. The summed E-state index contributed by atoms with van der Waals surface area (Å²) in [4.78, 5) is 32.9. The monoisotopic (exact) mass is 547 g/mol. The first-order valence-corrected chi connectivity index (χ1v) is 14.4. The van der Waals surface area contributed by atoms with E-state index >= 15 is 0 Å². The van der Waals surface area contributed by atoms with Gasteiger partial charge in [0.2, 0.25) is 0 Å². The predicted octanol–water partition coefficient (Wildman–Crippen LogP) is 4.06. The number of ether oxygens (including phenoxy) is 2. The smallest absolute Gasteiger partial charge is 0.326 e. The molecule has 214 valence electrons. The number of methoxy groups -OCH3 is 2. The molecule has 0 bridgehead atoms. The molecule has 3 amide bonds. The lowest BCUT2D eigenvalue weighted by atomic mass is 10.0. The summed E-state index contributed by atoms with van der Waals surface area (Å²) in [7, 11) is 3.24. The third kappa shape index (κ3) is 6.42. The van der Waals surface area contributed by atoms with E-state index in [-0.39, 0.29) is 11.9 Å². The van der Waals surface area contributed by atoms with E-state index in [0.29, 0.717) is 42.3 Å². The number of hydrogen-bond donors (Lipinski definition) is 2. The summed E-state index contributed by atoms with van der Waals surface area (Å²) in [5, 5.41) is 6.09. The van der Waals surface area contributed by atoms with Gasteiger partial charge in [0.25, 0.3) is 5.91 Å². The van der Waals surface area contributed by atoms with E-state index in [4.69, 9.17) is 9.47 Å². The first-order valence-electron chi connectivity index (χ1n) is 14.4. The van der Waals surface area contributed by atoms with Crippen molar-refractivity contribution in [3.63, 3.8) is 0 Å². The standard InChI is InChI=1S/C31H41N5O4/c1-4-34-16-18-35(19-17-34)14-5-13-32-30(37)24-9-10-25-26(21-24)33-31(38)36(29(25)23-7-8-23)15-12-22-6-11-27(39-2)28(20-22)40-3/h6,9-11,20-21H,4-5,7-8,12-19H2,1-3H3,(H,32,37)(H,33,38). The molecule has 1 saturated heterocycles. The molecule has 0 spiro atoms.